The summed E-state index contributed by atoms with van der Waals surface area (Å²) in [5.41, 5.74) is 11.8. The number of β-lactam (4-membered cyclic amide) rings is 1. The van der Waals surface area contributed by atoms with Gasteiger partial charge in [0, 0.05) is 29.9 Å². The van der Waals surface area contributed by atoms with Crippen LogP contribution in [0.2, 0.25) is 0 Å². The number of carboxylic acid groups (broad SMARTS) is 2. The lowest BCUT2D eigenvalue weighted by Gasteiger charge is -2.49. The Bertz CT molecular complexity index is 1360. The molecule has 0 aliphatic carbocycles. The zero-order chi connectivity index (χ0) is 29.8. The molecule has 4 heterocycles. The number of nitrogens with one attached hydrogen (secondary N) is 2. The first-order valence-corrected chi connectivity index (χ1v) is 15.1. The van der Waals surface area contributed by atoms with Crippen molar-refractivity contribution in [2.75, 3.05) is 30.4 Å². The highest BCUT2D eigenvalue weighted by Gasteiger charge is 2.54. The summed E-state index contributed by atoms with van der Waals surface area (Å²) in [6.45, 7) is 1.81. The Morgan fingerprint density at radius 1 is 1.37 bits per heavy atom. The second kappa shape index (κ2) is 12.9. The van der Waals surface area contributed by atoms with Crippen LogP contribution in [0.4, 0.5) is 5.13 Å². The van der Waals surface area contributed by atoms with Crippen molar-refractivity contribution in [3.63, 3.8) is 0 Å². The fourth-order valence-corrected chi connectivity index (χ4v) is 7.33. The first kappa shape index (κ1) is 30.3. The minimum Gasteiger partial charge on any atom is -0.479 e. The predicted molar refractivity (Wildman–Crippen MR) is 154 cm³/mol. The van der Waals surface area contributed by atoms with E-state index in [0.29, 0.717) is 23.7 Å². The Labute approximate surface area is 245 Å². The fraction of sp³-hybridized carbons (Fsp3) is 0.455. The van der Waals surface area contributed by atoms with E-state index in [1.54, 1.807) is 0 Å². The third kappa shape index (κ3) is 6.63. The molecule has 0 radical (unpaired) electrons. The molecular weight excluding hydrogens is 598 g/mol. The van der Waals surface area contributed by atoms with Crippen LogP contribution in [0.25, 0.3) is 0 Å². The molecule has 16 nitrogen and oxygen atoms in total. The van der Waals surface area contributed by atoms with E-state index in [-0.39, 0.29) is 39.6 Å². The number of amides is 2. The first-order valence-electron chi connectivity index (χ1n) is 12.2. The number of anilines is 1. The highest BCUT2D eigenvalue weighted by atomic mass is 32.2. The van der Waals surface area contributed by atoms with Crippen LogP contribution in [0, 0.1) is 5.41 Å². The summed E-state index contributed by atoms with van der Waals surface area (Å²) in [5.74, 6) is -3.48. The molecule has 0 spiro atoms. The normalized spacial score (nSPS) is 22.6. The van der Waals surface area contributed by atoms with Gasteiger partial charge in [0.2, 0.25) is 6.61 Å². The van der Waals surface area contributed by atoms with E-state index in [0.717, 1.165) is 22.7 Å². The van der Waals surface area contributed by atoms with Gasteiger partial charge >= 0.3 is 11.9 Å². The number of aromatic nitrogens is 1. The summed E-state index contributed by atoms with van der Waals surface area (Å²) >= 11 is 3.56. The molecule has 0 bridgehead atoms. The quantitative estimate of drug-likeness (QED) is 0.105. The standard InChI is InChI=1S/C22H27N9O7S3/c1-2-3-30-12(24)4-11(23)27-22(30)41-7-9-6-39-19-15(18(35)31(19)16(9)20(36)37)28-17(34)14(29-38-5-13(32)33)10-8-40-21(25)26-10/h8,12,15,19,23H,2-7,24H2,1H3,(H2,25,26)(H,28,34)(H,32,33)(H,36,37)/t12?,15?,19-/m0/s1. The number of thioether (sulfide) groups is 2. The Morgan fingerprint density at radius 2 is 2.12 bits per heavy atom. The van der Waals surface area contributed by atoms with Gasteiger partial charge < -0.3 is 36.7 Å². The smallest absolute Gasteiger partial charge is 0.352 e. The zero-order valence-electron chi connectivity index (χ0n) is 21.6. The molecule has 19 heteroatoms. The van der Waals surface area contributed by atoms with Crippen molar-refractivity contribution in [3.05, 3.63) is 22.3 Å². The summed E-state index contributed by atoms with van der Waals surface area (Å²) in [6.07, 6.45) is 0.726. The van der Waals surface area contributed by atoms with Crippen LogP contribution in [0.15, 0.2) is 26.8 Å². The number of aliphatic imine (C=N–C) groups is 1. The van der Waals surface area contributed by atoms with Crippen LogP contribution < -0.4 is 16.8 Å². The van der Waals surface area contributed by atoms with E-state index in [4.69, 9.17) is 26.8 Å². The lowest BCUT2D eigenvalue weighted by Crippen LogP contribution is -2.71. The Morgan fingerprint density at radius 3 is 2.76 bits per heavy atom. The minimum atomic E-state index is -1.31. The van der Waals surface area contributed by atoms with Gasteiger partial charge in [0.15, 0.2) is 16.0 Å². The highest BCUT2D eigenvalue weighted by Crippen LogP contribution is 2.41. The Balaban J connectivity index is 1.49. The summed E-state index contributed by atoms with van der Waals surface area (Å²) in [4.78, 5) is 65.2. The van der Waals surface area contributed by atoms with Gasteiger partial charge in [-0.15, -0.1) is 23.1 Å². The van der Waals surface area contributed by atoms with Crippen LogP contribution in [-0.4, -0.2) is 108 Å². The molecule has 3 atom stereocenters. The van der Waals surface area contributed by atoms with E-state index >= 15 is 0 Å². The molecular formula is C22H27N9O7S3. The lowest BCUT2D eigenvalue weighted by molar-refractivity contribution is -0.150. The van der Waals surface area contributed by atoms with Crippen LogP contribution >= 0.6 is 34.9 Å². The molecule has 2 unspecified atom stereocenters. The number of hydrogen-bond acceptors (Lipinski definition) is 14. The van der Waals surface area contributed by atoms with Gasteiger partial charge in [0.25, 0.3) is 11.8 Å². The van der Waals surface area contributed by atoms with E-state index in [1.807, 2.05) is 11.8 Å². The summed E-state index contributed by atoms with van der Waals surface area (Å²) in [7, 11) is 0. The van der Waals surface area contributed by atoms with Gasteiger partial charge in [-0.25, -0.2) is 19.6 Å². The summed E-state index contributed by atoms with van der Waals surface area (Å²) in [6, 6.07) is -1.07. The number of nitrogens with two attached hydrogens (primary N) is 2. The maximum Gasteiger partial charge on any atom is 0.352 e. The third-order valence-corrected chi connectivity index (χ3v) is 9.07. The number of thiazole rings is 1. The highest BCUT2D eigenvalue weighted by molar-refractivity contribution is 8.14. The topological polar surface area (TPSA) is 250 Å². The number of carbonyl (C=O) groups is 4. The number of nitrogens with zero attached hydrogens (tertiary/aromatic N) is 5. The molecule has 2 amide bonds. The number of carbonyl (C=O) groups excluding carboxylic acids is 2. The molecule has 8 N–H and O–H groups in total. The van der Waals surface area contributed by atoms with Crippen LogP contribution in [0.5, 0.6) is 0 Å². The molecule has 220 valence electrons. The second-order valence-corrected chi connectivity index (χ2v) is 11.8. The molecule has 3 aliphatic rings. The number of aliphatic carboxylic acids is 2. The summed E-state index contributed by atoms with van der Waals surface area (Å²) < 4.78 is 0. The largest absolute Gasteiger partial charge is 0.479 e. The molecule has 1 fully saturated rings. The maximum atomic E-state index is 13.1. The molecule has 3 aliphatic heterocycles. The SMILES string of the molecule is CCCN1C(SCC2=C(C(=O)O)N3C(=O)C(NC(=O)C(=NOCC(=O)O)c4csc(N)n4)[C@@H]3SC2)=NC(=N)CC1N. The molecule has 1 aromatic heterocycles. The number of amidine groups is 2. The summed E-state index contributed by atoms with van der Waals surface area (Å²) in [5, 5.41) is 34.2. The molecule has 1 saturated heterocycles. The van der Waals surface area contributed by atoms with Crippen LogP contribution in [-0.2, 0) is 24.0 Å². The number of fused-ring (bicyclic) bond motifs is 1. The van der Waals surface area contributed by atoms with Crippen molar-refractivity contribution in [2.45, 2.75) is 37.3 Å². The maximum absolute atomic E-state index is 13.1. The number of carboxylic acids is 2. The average Bonchev–Trinajstić information content (AvgIpc) is 3.34. The van der Waals surface area contributed by atoms with Crippen LogP contribution in [0.1, 0.15) is 25.5 Å². The lowest BCUT2D eigenvalue weighted by atomic mass is 10.0. The van der Waals surface area contributed by atoms with Crippen LogP contribution in [0.3, 0.4) is 0 Å². The number of nitrogen functional groups attached to an aromatic ring is 1. The first-order chi connectivity index (χ1) is 19.5. The van der Waals surface area contributed by atoms with Crippen molar-refractivity contribution in [2.24, 2.45) is 15.9 Å². The van der Waals surface area contributed by atoms with Crippen molar-refractivity contribution in [3.8, 4) is 0 Å². The Hall–Kier alpha value is -3.68. The average molecular weight is 626 g/mol. The number of rotatable bonds is 11. The van der Waals surface area contributed by atoms with Gasteiger partial charge in [-0.05, 0) is 12.0 Å². The molecule has 4 rings (SSSR count). The molecule has 0 saturated carbocycles. The second-order valence-electron chi connectivity index (χ2n) is 8.89. The van der Waals surface area contributed by atoms with Gasteiger partial charge in [0.05, 0.1) is 6.17 Å². The Kier molecular flexibility index (Phi) is 9.51. The number of hydrogen-bond donors (Lipinski definition) is 6. The zero-order valence-corrected chi connectivity index (χ0v) is 24.1. The molecule has 0 aromatic carbocycles. The predicted octanol–water partition coefficient (Wildman–Crippen LogP) is -0.264. The monoisotopic (exact) mass is 625 g/mol. The van der Waals surface area contributed by atoms with E-state index < -0.39 is 47.9 Å². The van der Waals surface area contributed by atoms with Crippen molar-refractivity contribution >= 4 is 80.5 Å². The third-order valence-electron chi connectivity index (χ3n) is 5.98. The number of oxime groups is 1. The fourth-order valence-electron chi connectivity index (χ4n) is 4.20. The molecule has 1 aromatic rings. The van der Waals surface area contributed by atoms with Crippen molar-refractivity contribution in [1.82, 2.24) is 20.1 Å². The van der Waals surface area contributed by atoms with E-state index in [2.05, 4.69) is 20.4 Å². The van der Waals surface area contributed by atoms with E-state index in [9.17, 15) is 24.3 Å². The van der Waals surface area contributed by atoms with Crippen molar-refractivity contribution < 1.29 is 34.2 Å². The van der Waals surface area contributed by atoms with Gasteiger partial charge in [-0.2, -0.15) is 0 Å². The van der Waals surface area contributed by atoms with Crippen molar-refractivity contribution in [1.29, 1.82) is 5.41 Å². The van der Waals surface area contributed by atoms with E-state index in [1.165, 1.54) is 28.9 Å². The molecule has 41 heavy (non-hydrogen) atoms. The minimum absolute atomic E-state index is 0.0243. The van der Waals surface area contributed by atoms with Gasteiger partial charge in [0.1, 0.15) is 28.6 Å². The van der Waals surface area contributed by atoms with Gasteiger partial charge in [-0.1, -0.05) is 23.8 Å². The van der Waals surface area contributed by atoms with Gasteiger partial charge in [-0.3, -0.25) is 19.9 Å².